The van der Waals surface area contributed by atoms with Crippen LogP contribution in [0.2, 0.25) is 0 Å². The summed E-state index contributed by atoms with van der Waals surface area (Å²) in [5.41, 5.74) is 5.45. The first kappa shape index (κ1) is 29.2. The van der Waals surface area contributed by atoms with Crippen LogP contribution >= 0.6 is 0 Å². The minimum absolute atomic E-state index is 0.00928. The van der Waals surface area contributed by atoms with Crippen LogP contribution in [0.25, 0.3) is 11.1 Å². The maximum atomic E-state index is 12.8. The van der Waals surface area contributed by atoms with Crippen molar-refractivity contribution < 1.29 is 20.4 Å². The monoisotopic (exact) mass is 546 g/mol. The summed E-state index contributed by atoms with van der Waals surface area (Å²) in [5, 5.41) is 51.3. The van der Waals surface area contributed by atoms with E-state index < -0.39 is 23.0 Å². The van der Waals surface area contributed by atoms with E-state index in [0.29, 0.717) is 0 Å². The van der Waals surface area contributed by atoms with E-state index >= 15 is 0 Å². The van der Waals surface area contributed by atoms with Crippen LogP contribution < -0.4 is 30.2 Å². The Bertz CT molecular complexity index is 1490. The molecule has 0 saturated heterocycles. The number of hydrogen-bond acceptors (Lipinski definition) is 6. The van der Waals surface area contributed by atoms with Crippen LogP contribution in [0.4, 0.5) is 11.4 Å². The molecule has 0 aromatic heterocycles. The molecule has 0 amide bonds. The van der Waals surface area contributed by atoms with E-state index in [1.807, 2.05) is 125 Å². The third-order valence-corrected chi connectivity index (χ3v) is 7.17. The van der Waals surface area contributed by atoms with Crippen LogP contribution in [-0.4, -0.2) is 14.1 Å². The fourth-order valence-corrected chi connectivity index (χ4v) is 5.04. The highest BCUT2D eigenvalue weighted by molar-refractivity contribution is 5.89. The second-order valence-corrected chi connectivity index (χ2v) is 9.36. The molecule has 2 heterocycles. The normalized spacial score (nSPS) is 18.9. The number of anilines is 2. The average molecular weight is 547 g/mol. The molecule has 2 aliphatic carbocycles. The quantitative estimate of drug-likeness (QED) is 0.575. The SMILES string of the molecule is CC.CC.CN1C=C/C(=C\C2=C([O-])C(CC3=C([O-])C(/C=C4\C=CN(C)c5ccccc54)=C3[O-])=C2[O-])c2ccccc21. The summed E-state index contributed by atoms with van der Waals surface area (Å²) < 4.78 is 0. The average Bonchev–Trinajstić information content (AvgIpc) is 3.02. The van der Waals surface area contributed by atoms with Gasteiger partial charge in [0.15, 0.2) is 0 Å². The first-order valence-electron chi connectivity index (χ1n) is 13.9. The first-order valence-corrected chi connectivity index (χ1v) is 13.9. The summed E-state index contributed by atoms with van der Waals surface area (Å²) >= 11 is 0. The van der Waals surface area contributed by atoms with Gasteiger partial charge < -0.3 is 30.2 Å². The molecule has 0 radical (unpaired) electrons. The van der Waals surface area contributed by atoms with Crippen LogP contribution in [0.1, 0.15) is 45.2 Å². The molecule has 0 fully saturated rings. The number of fused-ring (bicyclic) bond motifs is 2. The summed E-state index contributed by atoms with van der Waals surface area (Å²) in [7, 11) is 3.86. The zero-order valence-corrected chi connectivity index (χ0v) is 24.3. The second kappa shape index (κ2) is 12.1. The van der Waals surface area contributed by atoms with E-state index in [4.69, 9.17) is 0 Å². The summed E-state index contributed by atoms with van der Waals surface area (Å²) in [5.74, 6) is -1.63. The molecule has 0 saturated carbocycles. The van der Waals surface area contributed by atoms with Gasteiger partial charge >= 0.3 is 0 Å². The summed E-state index contributed by atoms with van der Waals surface area (Å²) in [6.45, 7) is 8.00. The molecule has 0 N–H and O–H groups in total. The van der Waals surface area contributed by atoms with Gasteiger partial charge in [0.2, 0.25) is 0 Å². The van der Waals surface area contributed by atoms with E-state index in [-0.39, 0.29) is 28.7 Å². The van der Waals surface area contributed by atoms with Gasteiger partial charge in [0.05, 0.1) is 0 Å². The van der Waals surface area contributed by atoms with Crippen LogP contribution in [-0.2, 0) is 0 Å². The van der Waals surface area contributed by atoms with Crippen molar-refractivity contribution in [2.75, 3.05) is 23.9 Å². The van der Waals surface area contributed by atoms with Crippen molar-refractivity contribution in [1.29, 1.82) is 0 Å². The van der Waals surface area contributed by atoms with Crippen molar-refractivity contribution in [3.63, 3.8) is 0 Å². The van der Waals surface area contributed by atoms with Gasteiger partial charge in [-0.05, 0) is 65.2 Å². The molecule has 41 heavy (non-hydrogen) atoms. The van der Waals surface area contributed by atoms with Gasteiger partial charge in [-0.3, -0.25) is 0 Å². The van der Waals surface area contributed by atoms with E-state index in [1.54, 1.807) is 12.2 Å². The van der Waals surface area contributed by atoms with Gasteiger partial charge in [-0.1, -0.05) is 98.3 Å². The lowest BCUT2D eigenvalue weighted by Gasteiger charge is -2.44. The van der Waals surface area contributed by atoms with Crippen molar-refractivity contribution in [3.8, 4) is 0 Å². The zero-order chi connectivity index (χ0) is 29.8. The Labute approximate surface area is 242 Å². The largest absolute Gasteiger partial charge is 0.872 e. The van der Waals surface area contributed by atoms with Gasteiger partial charge in [-0.2, -0.15) is 0 Å². The first-order chi connectivity index (χ1) is 19.8. The lowest BCUT2D eigenvalue weighted by Crippen LogP contribution is -2.32. The lowest BCUT2D eigenvalue weighted by molar-refractivity contribution is -0.334. The third kappa shape index (κ3) is 5.09. The van der Waals surface area contributed by atoms with Gasteiger partial charge in [0.1, 0.15) is 0 Å². The standard InChI is InChI=1S/C31H26N2O4.2C2H6/c1-32-13-11-18(20-7-3-5-9-26(20)32)15-22-28(34)24(29(22)35)17-25-30(36)23(31(25)37)16-19-12-14-33(2)27-10-6-4-8-21(19)27;2*1-2/h3-16,34-37H,17H2,1-2H3;2*1-2H3/p-4/b18-15+,19-16+;;. The minimum Gasteiger partial charge on any atom is -0.872 e. The van der Waals surface area contributed by atoms with Crippen molar-refractivity contribution in [3.05, 3.63) is 142 Å². The third-order valence-electron chi connectivity index (χ3n) is 7.17. The molecule has 0 bridgehead atoms. The van der Waals surface area contributed by atoms with Crippen LogP contribution in [0.15, 0.2) is 131 Å². The highest BCUT2D eigenvalue weighted by Gasteiger charge is 2.22. The maximum Gasteiger partial charge on any atom is 0.0483 e. The highest BCUT2D eigenvalue weighted by atomic mass is 16.3. The zero-order valence-electron chi connectivity index (χ0n) is 24.3. The molecule has 4 aliphatic rings. The Hall–Kier alpha value is -4.84. The Morgan fingerprint density at radius 1 is 0.561 bits per heavy atom. The fourth-order valence-electron chi connectivity index (χ4n) is 5.04. The van der Waals surface area contributed by atoms with Crippen molar-refractivity contribution >= 4 is 22.5 Å². The molecule has 6 heteroatoms. The van der Waals surface area contributed by atoms with Crippen molar-refractivity contribution in [2.45, 2.75) is 34.1 Å². The summed E-state index contributed by atoms with van der Waals surface area (Å²) in [4.78, 5) is 3.93. The molecule has 0 atom stereocenters. The molecule has 0 spiro atoms. The summed E-state index contributed by atoms with van der Waals surface area (Å²) in [6, 6.07) is 15.5. The van der Waals surface area contributed by atoms with Crippen LogP contribution in [0.3, 0.4) is 0 Å². The van der Waals surface area contributed by atoms with E-state index in [9.17, 15) is 20.4 Å². The topological polar surface area (TPSA) is 98.7 Å². The Kier molecular flexibility index (Phi) is 8.62. The van der Waals surface area contributed by atoms with Gasteiger partial charge in [-0.15, -0.1) is 0 Å². The molecule has 2 aliphatic heterocycles. The maximum absolute atomic E-state index is 12.8. The van der Waals surface area contributed by atoms with Crippen LogP contribution in [0.5, 0.6) is 0 Å². The number of para-hydroxylation sites is 2. The number of hydrogen-bond donors (Lipinski definition) is 0. The summed E-state index contributed by atoms with van der Waals surface area (Å²) in [6.07, 6.45) is 10.4. The van der Waals surface area contributed by atoms with Gasteiger partial charge in [-0.25, -0.2) is 0 Å². The lowest BCUT2D eigenvalue weighted by atomic mass is 9.81. The van der Waals surface area contributed by atoms with Crippen molar-refractivity contribution in [2.24, 2.45) is 0 Å². The molecule has 2 aromatic carbocycles. The second-order valence-electron chi connectivity index (χ2n) is 9.36. The fraction of sp³-hybridized carbons (Fsp3) is 0.200. The predicted octanol–water partition coefficient (Wildman–Crippen LogP) is 4.01. The van der Waals surface area contributed by atoms with E-state index in [0.717, 1.165) is 33.6 Å². The molecule has 6 nitrogen and oxygen atoms in total. The number of rotatable bonds is 4. The Morgan fingerprint density at radius 2 is 0.927 bits per heavy atom. The molecule has 0 unspecified atom stereocenters. The van der Waals surface area contributed by atoms with E-state index in [1.165, 1.54) is 0 Å². The Morgan fingerprint density at radius 3 is 1.29 bits per heavy atom. The van der Waals surface area contributed by atoms with Gasteiger partial charge in [0, 0.05) is 49.0 Å². The molecule has 2 aromatic rings. The van der Waals surface area contributed by atoms with Crippen molar-refractivity contribution in [1.82, 2.24) is 0 Å². The molecule has 212 valence electrons. The molecular formula is C35H34N2O4-4. The minimum atomic E-state index is -0.408. The Balaban J connectivity index is 0.000000929. The number of nitrogens with zero attached hydrogens (tertiary/aromatic N) is 2. The smallest absolute Gasteiger partial charge is 0.0483 e. The number of allylic oxidation sites excluding steroid dienone is 8. The van der Waals surface area contributed by atoms with Gasteiger partial charge in [0.25, 0.3) is 0 Å². The number of benzene rings is 2. The van der Waals surface area contributed by atoms with E-state index in [2.05, 4.69) is 0 Å². The highest BCUT2D eigenvalue weighted by Crippen LogP contribution is 2.43. The molecular weight excluding hydrogens is 512 g/mol. The predicted molar refractivity (Wildman–Crippen MR) is 159 cm³/mol. The molecule has 6 rings (SSSR count). The van der Waals surface area contributed by atoms with Crippen LogP contribution in [0, 0.1) is 0 Å².